The highest BCUT2D eigenvalue weighted by atomic mass is 35.5. The number of phenols is 1. The highest BCUT2D eigenvalue weighted by Gasteiger charge is 2.70. The van der Waals surface area contributed by atoms with E-state index < -0.39 is 69.5 Å². The van der Waals surface area contributed by atoms with Crippen LogP contribution >= 0.6 is 23.2 Å². The number of aromatic hydroxyl groups is 1. The first kappa shape index (κ1) is 37.8. The molecule has 4 aliphatic rings. The number of allylic oxidation sites excluding steroid dienone is 2. The van der Waals surface area contributed by atoms with Gasteiger partial charge in [0.1, 0.15) is 5.75 Å². The van der Waals surface area contributed by atoms with Gasteiger partial charge in [0.25, 0.3) is 11.8 Å². The molecule has 6 unspecified atom stereocenters. The molecule has 9 rings (SSSR count). The van der Waals surface area contributed by atoms with Crippen molar-refractivity contribution in [2.75, 3.05) is 10.3 Å². The molecule has 294 valence electrons. The summed E-state index contributed by atoms with van der Waals surface area (Å²) in [6, 6.07) is 24.8. The van der Waals surface area contributed by atoms with E-state index in [1.165, 1.54) is 11.0 Å². The van der Waals surface area contributed by atoms with E-state index in [2.05, 4.69) is 10.4 Å². The quantitative estimate of drug-likeness (QED) is 0.130. The van der Waals surface area contributed by atoms with Crippen molar-refractivity contribution >= 4 is 69.1 Å². The van der Waals surface area contributed by atoms with Crippen LogP contribution in [0.2, 0.25) is 10.0 Å². The normalized spacial score (nSPS) is 25.5. The highest BCUT2D eigenvalue weighted by Crippen LogP contribution is 2.65. The van der Waals surface area contributed by atoms with Gasteiger partial charge in [0.15, 0.2) is 5.82 Å². The first-order valence-electron chi connectivity index (χ1n) is 18.8. The van der Waals surface area contributed by atoms with Crippen molar-refractivity contribution in [3.05, 3.63) is 141 Å². The maximum Gasteiger partial charge on any atom is 0.417 e. The molecule has 5 aromatic rings. The average Bonchev–Trinajstić information content (AvgIpc) is 3.59. The average molecular weight is 826 g/mol. The van der Waals surface area contributed by atoms with E-state index in [0.29, 0.717) is 50.4 Å². The number of phenolic OH excluding ortho intramolecular Hbond substituents is 1. The third kappa shape index (κ3) is 5.55. The minimum Gasteiger partial charge on any atom is -0.507 e. The maximum absolute atomic E-state index is 15.5. The molecule has 2 aliphatic carbocycles. The minimum absolute atomic E-state index is 0.0112. The number of carbonyl (C=O) groups excluding carboxylic acids is 4. The van der Waals surface area contributed by atoms with Crippen molar-refractivity contribution in [1.29, 1.82) is 0 Å². The van der Waals surface area contributed by atoms with Gasteiger partial charge in [-0.1, -0.05) is 96.4 Å². The lowest BCUT2D eigenvalue weighted by atomic mass is 9.49. The Balaban J connectivity index is 1.25. The number of anilines is 2. The predicted molar refractivity (Wildman–Crippen MR) is 211 cm³/mol. The molecular formula is C44H33Cl2F3N4O5. The van der Waals surface area contributed by atoms with Gasteiger partial charge in [0.05, 0.1) is 39.4 Å². The number of hydrogen-bond donors (Lipinski definition) is 2. The van der Waals surface area contributed by atoms with Crippen molar-refractivity contribution in [3.8, 4) is 5.75 Å². The molecular weight excluding hydrogens is 792 g/mol. The second-order valence-electron chi connectivity index (χ2n) is 15.2. The van der Waals surface area contributed by atoms with Crippen molar-refractivity contribution in [1.82, 2.24) is 9.99 Å². The summed E-state index contributed by atoms with van der Waals surface area (Å²) in [6.45, 7) is 2.00. The summed E-state index contributed by atoms with van der Waals surface area (Å²) in [4.78, 5) is 64.5. The number of amides is 4. The number of hydrazine groups is 1. The van der Waals surface area contributed by atoms with Crippen LogP contribution in [0.4, 0.5) is 24.7 Å². The zero-order valence-corrected chi connectivity index (χ0v) is 32.1. The number of imide groups is 2. The SMILES string of the molecule is CCc1ccc(N2C(=O)C3CC=C4C(CC5C(=O)N(Nc6ncc(C(F)(F)F)cc6Cl)C(=O)C5(c5ccc(Cl)cc5)C4c4ccc(O)c5ccccc45)C3C2=O)cc1. The molecule has 9 nitrogen and oxygen atoms in total. The number of hydrogen-bond acceptors (Lipinski definition) is 7. The Morgan fingerprint density at radius 1 is 0.879 bits per heavy atom. The summed E-state index contributed by atoms with van der Waals surface area (Å²) >= 11 is 12.7. The van der Waals surface area contributed by atoms with Crippen molar-refractivity contribution < 1.29 is 37.5 Å². The number of nitrogens with zero attached hydrogens (tertiary/aromatic N) is 3. The van der Waals surface area contributed by atoms with Crippen LogP contribution in [-0.2, 0) is 37.2 Å². The number of rotatable bonds is 6. The van der Waals surface area contributed by atoms with E-state index in [4.69, 9.17) is 23.2 Å². The number of pyridine rings is 1. The second kappa shape index (κ2) is 13.7. The standard InChI is InChI=1S/C44H33Cl2F3N4O5/c1-2-22-7-13-26(14-8-22)52-39(55)31-16-15-30-32(36(31)41(52)57)20-33-40(56)53(51-38-34(46)19-24(21-50-38)44(47,48)49)42(58)43(33,23-9-11-25(45)12-10-23)37(30)29-17-18-35(54)28-6-4-3-5-27(28)29/h3-15,17-19,21,31-33,36-37,54H,2,16,20H2,1H3,(H,50,51). The molecule has 58 heavy (non-hydrogen) atoms. The molecule has 4 amide bonds. The minimum atomic E-state index is -4.75. The van der Waals surface area contributed by atoms with Gasteiger partial charge in [0.2, 0.25) is 11.8 Å². The summed E-state index contributed by atoms with van der Waals surface area (Å²) in [5, 5.41) is 12.8. The molecule has 4 aromatic carbocycles. The van der Waals surface area contributed by atoms with Gasteiger partial charge in [-0.2, -0.15) is 18.2 Å². The zero-order valence-electron chi connectivity index (χ0n) is 30.6. The fourth-order valence-corrected chi connectivity index (χ4v) is 10.2. The van der Waals surface area contributed by atoms with Gasteiger partial charge in [-0.15, -0.1) is 0 Å². The molecule has 0 radical (unpaired) electrons. The Morgan fingerprint density at radius 3 is 2.26 bits per heavy atom. The van der Waals surface area contributed by atoms with Gasteiger partial charge in [0, 0.05) is 22.5 Å². The van der Waals surface area contributed by atoms with Gasteiger partial charge >= 0.3 is 6.18 Å². The summed E-state index contributed by atoms with van der Waals surface area (Å²) in [6.07, 6.45) is -1.35. The lowest BCUT2D eigenvalue weighted by Gasteiger charge is -2.51. The number of nitrogens with one attached hydrogen (secondary N) is 1. The zero-order chi connectivity index (χ0) is 40.8. The van der Waals surface area contributed by atoms with Crippen LogP contribution in [0.1, 0.15) is 47.9 Å². The topological polar surface area (TPSA) is 120 Å². The fourth-order valence-electron chi connectivity index (χ4n) is 9.82. The highest BCUT2D eigenvalue weighted by molar-refractivity contribution is 6.33. The largest absolute Gasteiger partial charge is 0.507 e. The van der Waals surface area contributed by atoms with Crippen LogP contribution in [0.15, 0.2) is 109 Å². The first-order valence-corrected chi connectivity index (χ1v) is 19.5. The molecule has 3 fully saturated rings. The molecule has 0 bridgehead atoms. The molecule has 3 heterocycles. The van der Waals surface area contributed by atoms with Crippen molar-refractivity contribution in [3.63, 3.8) is 0 Å². The summed E-state index contributed by atoms with van der Waals surface area (Å²) in [5.41, 5.74) is 2.97. The first-order chi connectivity index (χ1) is 27.7. The van der Waals surface area contributed by atoms with E-state index in [1.54, 1.807) is 66.7 Å². The van der Waals surface area contributed by atoms with Crippen LogP contribution < -0.4 is 10.3 Å². The van der Waals surface area contributed by atoms with Crippen LogP contribution in [-0.4, -0.2) is 38.7 Å². The Hall–Kier alpha value is -5.72. The van der Waals surface area contributed by atoms with Crippen LogP contribution in [0.5, 0.6) is 5.75 Å². The van der Waals surface area contributed by atoms with Gasteiger partial charge in [-0.25, -0.2) is 4.98 Å². The van der Waals surface area contributed by atoms with E-state index >= 15 is 9.59 Å². The fraction of sp³-hybridized carbons (Fsp3) is 0.250. The third-order valence-electron chi connectivity index (χ3n) is 12.4. The molecule has 0 spiro atoms. The number of halogens is 5. The summed E-state index contributed by atoms with van der Waals surface area (Å²) < 4.78 is 40.7. The molecule has 2 saturated heterocycles. The Kier molecular flexibility index (Phi) is 8.94. The molecule has 14 heteroatoms. The third-order valence-corrected chi connectivity index (χ3v) is 12.9. The van der Waals surface area contributed by atoms with E-state index in [0.717, 1.165) is 17.0 Å². The summed E-state index contributed by atoms with van der Waals surface area (Å²) in [7, 11) is 0. The smallest absolute Gasteiger partial charge is 0.417 e. The number of aromatic nitrogens is 1. The predicted octanol–water partition coefficient (Wildman–Crippen LogP) is 9.02. The number of carbonyl (C=O) groups is 4. The number of aryl methyl sites for hydroxylation is 1. The maximum atomic E-state index is 15.5. The number of benzene rings is 4. The molecule has 2 N–H and O–H groups in total. The van der Waals surface area contributed by atoms with Gasteiger partial charge in [-0.05, 0) is 83.7 Å². The van der Waals surface area contributed by atoms with Crippen molar-refractivity contribution in [2.45, 2.75) is 43.7 Å². The van der Waals surface area contributed by atoms with E-state index in [1.807, 2.05) is 25.1 Å². The molecule has 2 aliphatic heterocycles. The lowest BCUT2D eigenvalue weighted by molar-refractivity contribution is -0.139. The molecule has 6 atom stereocenters. The second-order valence-corrected chi connectivity index (χ2v) is 16.0. The van der Waals surface area contributed by atoms with Gasteiger partial charge < -0.3 is 5.11 Å². The Labute approximate surface area is 340 Å². The molecule has 1 aromatic heterocycles. The van der Waals surface area contributed by atoms with Crippen LogP contribution in [0.3, 0.4) is 0 Å². The number of fused-ring (bicyclic) bond motifs is 5. The van der Waals surface area contributed by atoms with Gasteiger partial charge in [-0.3, -0.25) is 29.5 Å². The number of alkyl halides is 3. The molecule has 1 saturated carbocycles. The van der Waals surface area contributed by atoms with Crippen LogP contribution in [0, 0.1) is 23.7 Å². The van der Waals surface area contributed by atoms with E-state index in [9.17, 15) is 27.9 Å². The lowest BCUT2D eigenvalue weighted by Crippen LogP contribution is -2.53. The van der Waals surface area contributed by atoms with E-state index in [-0.39, 0.29) is 30.3 Å². The van der Waals surface area contributed by atoms with Crippen molar-refractivity contribution in [2.24, 2.45) is 23.7 Å². The summed E-state index contributed by atoms with van der Waals surface area (Å²) in [5.74, 6) is -7.02. The Morgan fingerprint density at radius 2 is 1.59 bits per heavy atom. The monoisotopic (exact) mass is 824 g/mol. The Bertz CT molecular complexity index is 2600. The van der Waals surface area contributed by atoms with Crippen LogP contribution in [0.25, 0.3) is 10.8 Å².